The average molecular weight is 262 g/mol. The van der Waals surface area contributed by atoms with Gasteiger partial charge in [-0.15, -0.1) is 0 Å². The van der Waals surface area contributed by atoms with Crippen LogP contribution in [0.25, 0.3) is 0 Å². The van der Waals surface area contributed by atoms with E-state index in [2.05, 4.69) is 36.5 Å². The van der Waals surface area contributed by atoms with Crippen LogP contribution in [0.2, 0.25) is 0 Å². The Morgan fingerprint density at radius 1 is 1.21 bits per heavy atom. The molecule has 1 aromatic rings. The molecule has 1 unspecified atom stereocenters. The van der Waals surface area contributed by atoms with Crippen molar-refractivity contribution in [3.8, 4) is 0 Å². The summed E-state index contributed by atoms with van der Waals surface area (Å²) < 4.78 is 0. The van der Waals surface area contributed by atoms with Crippen LogP contribution in [0.1, 0.15) is 38.3 Å². The smallest absolute Gasteiger partial charge is 0.224 e. The van der Waals surface area contributed by atoms with E-state index in [1.165, 1.54) is 5.56 Å². The molecule has 3 nitrogen and oxygen atoms in total. The summed E-state index contributed by atoms with van der Waals surface area (Å²) in [5.74, 6) is 0.228. The molecule has 0 saturated carbocycles. The topological polar surface area (TPSA) is 55.1 Å². The van der Waals surface area contributed by atoms with Crippen LogP contribution in [-0.4, -0.2) is 12.5 Å². The monoisotopic (exact) mass is 262 g/mol. The Balaban J connectivity index is 2.49. The van der Waals surface area contributed by atoms with Crippen molar-refractivity contribution in [2.24, 2.45) is 17.6 Å². The molecule has 0 bridgehead atoms. The van der Waals surface area contributed by atoms with Crippen LogP contribution in [-0.2, 0) is 17.8 Å². The van der Waals surface area contributed by atoms with E-state index in [0.29, 0.717) is 13.1 Å². The summed E-state index contributed by atoms with van der Waals surface area (Å²) in [5, 5.41) is 2.96. The molecule has 106 valence electrons. The summed E-state index contributed by atoms with van der Waals surface area (Å²) in [4.78, 5) is 12.0. The maximum atomic E-state index is 12.0. The number of aryl methyl sites for hydroxylation is 1. The third kappa shape index (κ3) is 5.03. The quantitative estimate of drug-likeness (QED) is 0.793. The fourth-order valence-corrected chi connectivity index (χ4v) is 2.11. The Labute approximate surface area is 116 Å². The van der Waals surface area contributed by atoms with Gasteiger partial charge < -0.3 is 11.1 Å². The molecule has 1 atom stereocenters. The van der Waals surface area contributed by atoms with E-state index in [0.717, 1.165) is 18.4 Å². The lowest BCUT2D eigenvalue weighted by Gasteiger charge is -2.18. The summed E-state index contributed by atoms with van der Waals surface area (Å²) in [6, 6.07) is 8.43. The third-order valence-corrected chi connectivity index (χ3v) is 3.42. The summed E-state index contributed by atoms with van der Waals surface area (Å²) >= 11 is 0. The zero-order chi connectivity index (χ0) is 14.3. The maximum Gasteiger partial charge on any atom is 0.224 e. The number of rotatable bonds is 7. The van der Waals surface area contributed by atoms with Gasteiger partial charge in [-0.3, -0.25) is 4.79 Å². The Morgan fingerprint density at radius 3 is 2.26 bits per heavy atom. The largest absolute Gasteiger partial charge is 0.352 e. The zero-order valence-electron chi connectivity index (χ0n) is 12.3. The van der Waals surface area contributed by atoms with Gasteiger partial charge in [0.05, 0.1) is 5.92 Å². The minimum absolute atomic E-state index is 0.0511. The molecule has 1 aromatic carbocycles. The van der Waals surface area contributed by atoms with Crippen molar-refractivity contribution in [1.29, 1.82) is 0 Å². The normalized spacial score (nSPS) is 12.5. The van der Waals surface area contributed by atoms with Crippen molar-refractivity contribution >= 4 is 5.91 Å². The number of nitrogens with two attached hydrogens (primary N) is 1. The standard InChI is InChI=1S/C16H26N2O/c1-4-5-13-6-8-14(9-7-13)11-18-16(19)15(10-17)12(2)3/h6-9,12,15H,4-5,10-11,17H2,1-3H3,(H,18,19). The molecule has 0 aliphatic rings. The van der Waals surface area contributed by atoms with E-state index in [-0.39, 0.29) is 17.7 Å². The predicted octanol–water partition coefficient (Wildman–Crippen LogP) is 2.49. The Hall–Kier alpha value is -1.35. The number of carbonyl (C=O) groups excluding carboxylic acids is 1. The molecule has 0 aliphatic carbocycles. The second-order valence-corrected chi connectivity index (χ2v) is 5.37. The molecule has 0 aromatic heterocycles. The molecule has 19 heavy (non-hydrogen) atoms. The number of carbonyl (C=O) groups is 1. The summed E-state index contributed by atoms with van der Waals surface area (Å²) in [6.07, 6.45) is 2.26. The first-order valence-electron chi connectivity index (χ1n) is 7.14. The molecule has 3 N–H and O–H groups in total. The van der Waals surface area contributed by atoms with E-state index >= 15 is 0 Å². The van der Waals surface area contributed by atoms with Crippen molar-refractivity contribution < 1.29 is 4.79 Å². The Morgan fingerprint density at radius 2 is 1.79 bits per heavy atom. The van der Waals surface area contributed by atoms with Crippen LogP contribution in [0, 0.1) is 11.8 Å². The van der Waals surface area contributed by atoms with Crippen LogP contribution in [0.4, 0.5) is 0 Å². The fourth-order valence-electron chi connectivity index (χ4n) is 2.11. The lowest BCUT2D eigenvalue weighted by molar-refractivity contribution is -0.126. The molecule has 1 amide bonds. The number of amides is 1. The first-order chi connectivity index (χ1) is 9.08. The second-order valence-electron chi connectivity index (χ2n) is 5.37. The number of hydrogen-bond acceptors (Lipinski definition) is 2. The van der Waals surface area contributed by atoms with Gasteiger partial charge in [0.2, 0.25) is 5.91 Å². The van der Waals surface area contributed by atoms with Gasteiger partial charge >= 0.3 is 0 Å². The molecular weight excluding hydrogens is 236 g/mol. The van der Waals surface area contributed by atoms with Gasteiger partial charge in [-0.1, -0.05) is 51.5 Å². The van der Waals surface area contributed by atoms with Crippen molar-refractivity contribution in [2.45, 2.75) is 40.2 Å². The molecule has 0 aliphatic heterocycles. The number of hydrogen-bond donors (Lipinski definition) is 2. The van der Waals surface area contributed by atoms with Gasteiger partial charge in [-0.25, -0.2) is 0 Å². The van der Waals surface area contributed by atoms with E-state index in [9.17, 15) is 4.79 Å². The maximum absolute atomic E-state index is 12.0. The van der Waals surface area contributed by atoms with Gasteiger partial charge in [0.15, 0.2) is 0 Å². The lowest BCUT2D eigenvalue weighted by Crippen LogP contribution is -2.37. The first kappa shape index (κ1) is 15.7. The van der Waals surface area contributed by atoms with Gasteiger partial charge in [0, 0.05) is 13.1 Å². The van der Waals surface area contributed by atoms with Gasteiger partial charge in [-0.05, 0) is 23.5 Å². The minimum atomic E-state index is -0.0978. The van der Waals surface area contributed by atoms with Crippen molar-refractivity contribution in [3.63, 3.8) is 0 Å². The minimum Gasteiger partial charge on any atom is -0.352 e. The Bertz CT molecular complexity index is 384. The summed E-state index contributed by atoms with van der Waals surface area (Å²) in [5.41, 5.74) is 8.11. The number of benzene rings is 1. The lowest BCUT2D eigenvalue weighted by atomic mass is 9.95. The van der Waals surface area contributed by atoms with Crippen LogP contribution in [0.3, 0.4) is 0 Å². The number of nitrogens with one attached hydrogen (secondary N) is 1. The molecule has 0 saturated heterocycles. The highest BCUT2D eigenvalue weighted by atomic mass is 16.1. The van der Waals surface area contributed by atoms with E-state index in [4.69, 9.17) is 5.73 Å². The average Bonchev–Trinajstić information content (AvgIpc) is 2.38. The highest BCUT2D eigenvalue weighted by Gasteiger charge is 2.19. The predicted molar refractivity (Wildman–Crippen MR) is 79.7 cm³/mol. The van der Waals surface area contributed by atoms with Gasteiger partial charge in [0.25, 0.3) is 0 Å². The SMILES string of the molecule is CCCc1ccc(CNC(=O)C(CN)C(C)C)cc1. The fraction of sp³-hybridized carbons (Fsp3) is 0.562. The van der Waals surface area contributed by atoms with E-state index < -0.39 is 0 Å². The van der Waals surface area contributed by atoms with Gasteiger partial charge in [-0.2, -0.15) is 0 Å². The van der Waals surface area contributed by atoms with Crippen LogP contribution >= 0.6 is 0 Å². The molecular formula is C16H26N2O. The van der Waals surface area contributed by atoms with Crippen molar-refractivity contribution in [3.05, 3.63) is 35.4 Å². The molecule has 0 spiro atoms. The molecule has 1 rings (SSSR count). The van der Waals surface area contributed by atoms with Crippen LogP contribution < -0.4 is 11.1 Å². The summed E-state index contributed by atoms with van der Waals surface area (Å²) in [6.45, 7) is 7.20. The van der Waals surface area contributed by atoms with Gasteiger partial charge in [0.1, 0.15) is 0 Å². The third-order valence-electron chi connectivity index (χ3n) is 3.42. The zero-order valence-corrected chi connectivity index (χ0v) is 12.3. The van der Waals surface area contributed by atoms with Crippen LogP contribution in [0.5, 0.6) is 0 Å². The molecule has 3 heteroatoms. The van der Waals surface area contributed by atoms with Crippen molar-refractivity contribution in [2.75, 3.05) is 6.54 Å². The Kier molecular flexibility index (Phi) is 6.57. The second kappa shape index (κ2) is 7.95. The highest BCUT2D eigenvalue weighted by molar-refractivity contribution is 5.79. The first-order valence-corrected chi connectivity index (χ1v) is 7.14. The van der Waals surface area contributed by atoms with Crippen LogP contribution in [0.15, 0.2) is 24.3 Å². The highest BCUT2D eigenvalue weighted by Crippen LogP contribution is 2.10. The molecule has 0 heterocycles. The van der Waals surface area contributed by atoms with E-state index in [1.54, 1.807) is 0 Å². The molecule has 0 radical (unpaired) electrons. The van der Waals surface area contributed by atoms with Crippen molar-refractivity contribution in [1.82, 2.24) is 5.32 Å². The summed E-state index contributed by atoms with van der Waals surface area (Å²) in [7, 11) is 0. The van der Waals surface area contributed by atoms with E-state index in [1.807, 2.05) is 13.8 Å². The molecule has 0 fully saturated rings.